The SMILES string of the molecule is CC1CC1C(=O)Nc1ccc(-c2nc(C3(N)CCCC3)no2)cc1. The number of nitrogens with one attached hydrogen (secondary N) is 1. The third-order valence-corrected chi connectivity index (χ3v) is 5.21. The lowest BCUT2D eigenvalue weighted by molar-refractivity contribution is -0.117. The third kappa shape index (κ3) is 2.82. The fraction of sp³-hybridized carbons (Fsp3) is 0.500. The van der Waals surface area contributed by atoms with Gasteiger partial charge < -0.3 is 15.6 Å². The van der Waals surface area contributed by atoms with Crippen molar-refractivity contribution in [2.45, 2.75) is 44.6 Å². The number of amides is 1. The lowest BCUT2D eigenvalue weighted by Crippen LogP contribution is -2.34. The summed E-state index contributed by atoms with van der Waals surface area (Å²) in [7, 11) is 0. The summed E-state index contributed by atoms with van der Waals surface area (Å²) in [5.74, 6) is 1.82. The predicted octanol–water partition coefficient (Wildman–Crippen LogP) is 3.06. The number of hydrogen-bond donors (Lipinski definition) is 2. The highest BCUT2D eigenvalue weighted by Gasteiger charge is 2.39. The number of hydrogen-bond acceptors (Lipinski definition) is 5. The molecule has 1 aromatic carbocycles. The zero-order valence-corrected chi connectivity index (χ0v) is 13.8. The molecule has 1 aromatic heterocycles. The van der Waals surface area contributed by atoms with Gasteiger partial charge in [0.2, 0.25) is 5.91 Å². The molecule has 0 saturated heterocycles. The van der Waals surface area contributed by atoms with Crippen LogP contribution in [-0.4, -0.2) is 16.0 Å². The number of nitrogens with zero attached hydrogens (tertiary/aromatic N) is 2. The molecule has 0 spiro atoms. The second-order valence-electron chi connectivity index (χ2n) is 7.17. The maximum atomic E-state index is 12.0. The summed E-state index contributed by atoms with van der Waals surface area (Å²) in [6.45, 7) is 2.09. The van der Waals surface area contributed by atoms with E-state index in [9.17, 15) is 4.79 Å². The van der Waals surface area contributed by atoms with Gasteiger partial charge in [0.25, 0.3) is 5.89 Å². The maximum absolute atomic E-state index is 12.0. The van der Waals surface area contributed by atoms with Crippen LogP contribution < -0.4 is 11.1 Å². The van der Waals surface area contributed by atoms with Crippen LogP contribution in [-0.2, 0) is 10.3 Å². The monoisotopic (exact) mass is 326 g/mol. The van der Waals surface area contributed by atoms with Crippen molar-refractivity contribution in [2.24, 2.45) is 17.6 Å². The van der Waals surface area contributed by atoms with E-state index in [2.05, 4.69) is 22.4 Å². The summed E-state index contributed by atoms with van der Waals surface area (Å²) in [6, 6.07) is 7.47. The second kappa shape index (κ2) is 5.70. The first-order valence-corrected chi connectivity index (χ1v) is 8.59. The van der Waals surface area contributed by atoms with Crippen LogP contribution in [0.1, 0.15) is 44.9 Å². The maximum Gasteiger partial charge on any atom is 0.257 e. The van der Waals surface area contributed by atoms with Crippen LogP contribution in [0, 0.1) is 11.8 Å². The summed E-state index contributed by atoms with van der Waals surface area (Å²) >= 11 is 0. The normalized spacial score (nSPS) is 24.8. The Morgan fingerprint density at radius 2 is 1.96 bits per heavy atom. The van der Waals surface area contributed by atoms with Crippen LogP contribution in [0.5, 0.6) is 0 Å². The van der Waals surface area contributed by atoms with Gasteiger partial charge in [0.05, 0.1) is 5.54 Å². The van der Waals surface area contributed by atoms with Crippen molar-refractivity contribution in [1.82, 2.24) is 10.1 Å². The highest BCUT2D eigenvalue weighted by atomic mass is 16.5. The van der Waals surface area contributed by atoms with E-state index in [1.807, 2.05) is 24.3 Å². The Hall–Kier alpha value is -2.21. The first kappa shape index (κ1) is 15.3. The Balaban J connectivity index is 1.47. The van der Waals surface area contributed by atoms with E-state index in [0.29, 0.717) is 17.6 Å². The molecule has 126 valence electrons. The molecule has 1 heterocycles. The lowest BCUT2D eigenvalue weighted by Gasteiger charge is -2.17. The van der Waals surface area contributed by atoms with Gasteiger partial charge in [0.15, 0.2) is 5.82 Å². The van der Waals surface area contributed by atoms with Crippen LogP contribution >= 0.6 is 0 Å². The second-order valence-corrected chi connectivity index (χ2v) is 7.17. The van der Waals surface area contributed by atoms with E-state index < -0.39 is 5.54 Å². The molecule has 3 N–H and O–H groups in total. The van der Waals surface area contributed by atoms with Gasteiger partial charge in [-0.2, -0.15) is 4.98 Å². The van der Waals surface area contributed by atoms with Crippen molar-refractivity contribution in [3.05, 3.63) is 30.1 Å². The molecule has 6 heteroatoms. The number of carbonyl (C=O) groups is 1. The molecule has 0 radical (unpaired) electrons. The Kier molecular flexibility index (Phi) is 3.64. The van der Waals surface area contributed by atoms with Gasteiger partial charge in [-0.3, -0.25) is 4.79 Å². The molecule has 24 heavy (non-hydrogen) atoms. The van der Waals surface area contributed by atoms with E-state index >= 15 is 0 Å². The summed E-state index contributed by atoms with van der Waals surface area (Å²) in [6.07, 6.45) is 4.99. The van der Waals surface area contributed by atoms with Gasteiger partial charge in [0, 0.05) is 17.2 Å². The molecule has 2 fully saturated rings. The van der Waals surface area contributed by atoms with Crippen molar-refractivity contribution in [1.29, 1.82) is 0 Å². The number of aromatic nitrogens is 2. The molecule has 2 aliphatic rings. The van der Waals surface area contributed by atoms with E-state index in [4.69, 9.17) is 10.3 Å². The minimum Gasteiger partial charge on any atom is -0.334 e. The van der Waals surface area contributed by atoms with Crippen LogP contribution in [0.3, 0.4) is 0 Å². The Morgan fingerprint density at radius 3 is 2.58 bits per heavy atom. The van der Waals surface area contributed by atoms with Crippen molar-refractivity contribution < 1.29 is 9.32 Å². The molecule has 0 bridgehead atoms. The zero-order chi connectivity index (χ0) is 16.7. The van der Waals surface area contributed by atoms with Crippen LogP contribution in [0.2, 0.25) is 0 Å². The molecule has 6 nitrogen and oxygen atoms in total. The quantitative estimate of drug-likeness (QED) is 0.900. The number of benzene rings is 1. The molecule has 4 rings (SSSR count). The zero-order valence-electron chi connectivity index (χ0n) is 13.8. The van der Waals surface area contributed by atoms with Gasteiger partial charge in [-0.25, -0.2) is 0 Å². The van der Waals surface area contributed by atoms with Crippen molar-refractivity contribution in [3.8, 4) is 11.5 Å². The van der Waals surface area contributed by atoms with Gasteiger partial charge in [-0.1, -0.05) is 24.9 Å². The van der Waals surface area contributed by atoms with Gasteiger partial charge in [-0.05, 0) is 49.4 Å². The van der Waals surface area contributed by atoms with Gasteiger partial charge >= 0.3 is 0 Å². The van der Waals surface area contributed by atoms with E-state index in [1.54, 1.807) is 0 Å². The molecule has 1 amide bonds. The van der Waals surface area contributed by atoms with E-state index in [-0.39, 0.29) is 11.8 Å². The molecule has 2 aromatic rings. The number of rotatable bonds is 4. The van der Waals surface area contributed by atoms with Gasteiger partial charge in [-0.15, -0.1) is 0 Å². The molecule has 2 saturated carbocycles. The van der Waals surface area contributed by atoms with Crippen LogP contribution in [0.25, 0.3) is 11.5 Å². The van der Waals surface area contributed by atoms with Crippen LogP contribution in [0.4, 0.5) is 5.69 Å². The van der Waals surface area contributed by atoms with Crippen LogP contribution in [0.15, 0.2) is 28.8 Å². The number of nitrogens with two attached hydrogens (primary N) is 1. The molecule has 2 atom stereocenters. The van der Waals surface area contributed by atoms with Crippen molar-refractivity contribution >= 4 is 11.6 Å². The number of anilines is 1. The van der Waals surface area contributed by atoms with E-state index in [1.165, 1.54) is 0 Å². The molecular weight excluding hydrogens is 304 g/mol. The first-order chi connectivity index (χ1) is 11.5. The summed E-state index contributed by atoms with van der Waals surface area (Å²) in [4.78, 5) is 16.4. The fourth-order valence-corrected chi connectivity index (χ4v) is 3.39. The van der Waals surface area contributed by atoms with Crippen molar-refractivity contribution in [3.63, 3.8) is 0 Å². The minimum atomic E-state index is -0.448. The molecular formula is C18H22N4O2. The summed E-state index contributed by atoms with van der Waals surface area (Å²) < 4.78 is 5.38. The summed E-state index contributed by atoms with van der Waals surface area (Å²) in [5.41, 5.74) is 7.53. The molecule has 2 aliphatic carbocycles. The van der Waals surface area contributed by atoms with E-state index in [0.717, 1.165) is 43.4 Å². The smallest absolute Gasteiger partial charge is 0.257 e. The van der Waals surface area contributed by atoms with Gasteiger partial charge in [0.1, 0.15) is 0 Å². The number of carbonyl (C=O) groups excluding carboxylic acids is 1. The third-order valence-electron chi connectivity index (χ3n) is 5.21. The fourth-order valence-electron chi connectivity index (χ4n) is 3.39. The average Bonchev–Trinajstić information content (AvgIpc) is 2.98. The highest BCUT2D eigenvalue weighted by Crippen LogP contribution is 2.38. The lowest BCUT2D eigenvalue weighted by atomic mass is 9.99. The summed E-state index contributed by atoms with van der Waals surface area (Å²) in [5, 5.41) is 7.02. The Morgan fingerprint density at radius 1 is 1.29 bits per heavy atom. The molecule has 2 unspecified atom stereocenters. The Bertz CT molecular complexity index is 747. The highest BCUT2D eigenvalue weighted by molar-refractivity contribution is 5.94. The minimum absolute atomic E-state index is 0.0987. The predicted molar refractivity (Wildman–Crippen MR) is 90.0 cm³/mol. The van der Waals surface area contributed by atoms with Crippen molar-refractivity contribution in [2.75, 3.05) is 5.32 Å². The first-order valence-electron chi connectivity index (χ1n) is 8.59. The average molecular weight is 326 g/mol. The largest absolute Gasteiger partial charge is 0.334 e. The topological polar surface area (TPSA) is 94.0 Å². The Labute approximate surface area is 140 Å². The standard InChI is InChI=1S/C18H22N4O2/c1-11-10-14(11)15(23)20-13-6-4-12(5-7-13)16-21-17(22-24-16)18(19)8-2-3-9-18/h4-7,11,14H,2-3,8-10,19H2,1H3,(H,20,23). The molecule has 0 aliphatic heterocycles.